The smallest absolute Gasteiger partial charge is 0.330 e. The van der Waals surface area contributed by atoms with Crippen LogP contribution in [0, 0.1) is 0 Å². The molecule has 1 aliphatic heterocycles. The monoisotopic (exact) mass is 624 g/mol. The lowest BCUT2D eigenvalue weighted by Crippen LogP contribution is -2.60. The van der Waals surface area contributed by atoms with Gasteiger partial charge in [-0.15, -0.1) is 0 Å². The Labute approximate surface area is 253 Å². The van der Waals surface area contributed by atoms with Gasteiger partial charge < -0.3 is 59.1 Å². The Morgan fingerprint density at radius 2 is 1.62 bits per heavy atom. The zero-order chi connectivity index (χ0) is 32.4. The number of phenolic OH excluding ortho intramolecular Hbond substituents is 4. The zero-order valence-electron chi connectivity index (χ0n) is 23.4. The van der Waals surface area contributed by atoms with E-state index >= 15 is 0 Å². The van der Waals surface area contributed by atoms with Crippen LogP contribution in [-0.2, 0) is 14.3 Å². The zero-order valence-corrected chi connectivity index (χ0v) is 23.4. The van der Waals surface area contributed by atoms with Crippen molar-refractivity contribution in [3.05, 3.63) is 76.5 Å². The molecule has 0 amide bonds. The summed E-state index contributed by atoms with van der Waals surface area (Å²) in [4.78, 5) is 25.9. The molecule has 1 saturated heterocycles. The number of methoxy groups -OCH3 is 1. The van der Waals surface area contributed by atoms with Crippen LogP contribution in [0.5, 0.6) is 34.5 Å². The molecule has 236 valence electrons. The summed E-state index contributed by atoms with van der Waals surface area (Å²) in [6, 6.07) is 11.7. The molecule has 5 rings (SSSR count). The highest BCUT2D eigenvalue weighted by molar-refractivity contribution is 5.88. The number of aliphatic hydroxyl groups is 3. The first-order chi connectivity index (χ1) is 21.5. The molecule has 5 atom stereocenters. The molecular weight excluding hydrogens is 596 g/mol. The van der Waals surface area contributed by atoms with Crippen LogP contribution < -0.4 is 14.9 Å². The first kappa shape index (κ1) is 31.2. The number of benzene rings is 3. The third kappa shape index (κ3) is 6.49. The van der Waals surface area contributed by atoms with Crippen LogP contribution in [-0.4, -0.2) is 86.1 Å². The van der Waals surface area contributed by atoms with Crippen molar-refractivity contribution in [2.24, 2.45) is 0 Å². The largest absolute Gasteiger partial charge is 0.508 e. The summed E-state index contributed by atoms with van der Waals surface area (Å²) in [6.07, 6.45) is -6.33. The summed E-state index contributed by atoms with van der Waals surface area (Å²) in [5.41, 5.74) is -0.439. The second kappa shape index (κ2) is 12.8. The van der Waals surface area contributed by atoms with Gasteiger partial charge in [-0.25, -0.2) is 4.79 Å². The number of hydrogen-bond acceptors (Lipinski definition) is 14. The Morgan fingerprint density at radius 3 is 2.33 bits per heavy atom. The van der Waals surface area contributed by atoms with Gasteiger partial charge in [-0.05, 0) is 48.0 Å². The van der Waals surface area contributed by atoms with E-state index in [-0.39, 0.29) is 39.5 Å². The van der Waals surface area contributed by atoms with Crippen molar-refractivity contribution in [2.45, 2.75) is 30.7 Å². The average Bonchev–Trinajstić information content (AvgIpc) is 3.01. The molecular formula is C31H28O14. The first-order valence-corrected chi connectivity index (χ1v) is 13.4. The van der Waals surface area contributed by atoms with Gasteiger partial charge in [0.1, 0.15) is 59.2 Å². The molecule has 2 heterocycles. The molecule has 1 aromatic heterocycles. The maximum Gasteiger partial charge on any atom is 0.330 e. The lowest BCUT2D eigenvalue weighted by atomic mass is 9.99. The molecule has 0 saturated carbocycles. The number of aromatic hydroxyl groups is 4. The number of fused-ring (bicyclic) bond motifs is 1. The van der Waals surface area contributed by atoms with Crippen molar-refractivity contribution in [1.82, 2.24) is 0 Å². The SMILES string of the molecule is COc1cc(/C=C/C(=O)OC[C@H]2O[C@@H](Oc3c(-c4ccc(O)cc4)oc4cc(O)cc(O)c4c3=O)C(O)C(O)[C@@H]2O)ccc1O. The number of aliphatic hydroxyl groups excluding tert-OH is 3. The quantitative estimate of drug-likeness (QED) is 0.110. The highest BCUT2D eigenvalue weighted by atomic mass is 16.7. The number of carbonyl (C=O) groups excluding carboxylic acids is 1. The molecule has 0 radical (unpaired) electrons. The van der Waals surface area contributed by atoms with Crippen molar-refractivity contribution in [1.29, 1.82) is 0 Å². The second-order valence-corrected chi connectivity index (χ2v) is 10.0. The Hall–Kier alpha value is -5.28. The van der Waals surface area contributed by atoms with Gasteiger partial charge in [-0.1, -0.05) is 6.07 Å². The van der Waals surface area contributed by atoms with E-state index in [1.54, 1.807) is 0 Å². The van der Waals surface area contributed by atoms with E-state index in [9.17, 15) is 45.3 Å². The third-order valence-corrected chi connectivity index (χ3v) is 6.96. The van der Waals surface area contributed by atoms with Crippen molar-refractivity contribution in [2.75, 3.05) is 13.7 Å². The van der Waals surface area contributed by atoms with Gasteiger partial charge >= 0.3 is 5.97 Å². The predicted molar refractivity (Wildman–Crippen MR) is 155 cm³/mol. The van der Waals surface area contributed by atoms with Crippen molar-refractivity contribution < 1.29 is 63.9 Å². The fourth-order valence-corrected chi connectivity index (χ4v) is 4.62. The van der Waals surface area contributed by atoms with Crippen LogP contribution in [0.3, 0.4) is 0 Å². The molecule has 1 fully saturated rings. The third-order valence-electron chi connectivity index (χ3n) is 6.96. The van der Waals surface area contributed by atoms with E-state index < -0.39 is 66.0 Å². The number of phenols is 4. The van der Waals surface area contributed by atoms with E-state index in [2.05, 4.69) is 0 Å². The molecule has 45 heavy (non-hydrogen) atoms. The molecule has 3 aromatic carbocycles. The fourth-order valence-electron chi connectivity index (χ4n) is 4.62. The lowest BCUT2D eigenvalue weighted by molar-refractivity contribution is -0.278. The number of hydrogen-bond donors (Lipinski definition) is 7. The summed E-state index contributed by atoms with van der Waals surface area (Å²) >= 11 is 0. The van der Waals surface area contributed by atoms with Gasteiger partial charge in [-0.2, -0.15) is 0 Å². The number of ether oxygens (including phenoxy) is 4. The van der Waals surface area contributed by atoms with Crippen LogP contribution >= 0.6 is 0 Å². The highest BCUT2D eigenvalue weighted by Gasteiger charge is 2.46. The van der Waals surface area contributed by atoms with Crippen LogP contribution in [0.15, 0.2) is 69.9 Å². The molecule has 0 bridgehead atoms. The minimum Gasteiger partial charge on any atom is -0.508 e. The van der Waals surface area contributed by atoms with E-state index in [4.69, 9.17) is 23.4 Å². The maximum atomic E-state index is 13.6. The predicted octanol–water partition coefficient (Wildman–Crippen LogP) is 1.73. The maximum absolute atomic E-state index is 13.6. The molecule has 7 N–H and O–H groups in total. The van der Waals surface area contributed by atoms with Crippen LogP contribution in [0.2, 0.25) is 0 Å². The van der Waals surface area contributed by atoms with Crippen LogP contribution in [0.1, 0.15) is 5.56 Å². The van der Waals surface area contributed by atoms with Gasteiger partial charge in [0, 0.05) is 23.8 Å². The Morgan fingerprint density at radius 1 is 0.889 bits per heavy atom. The molecule has 1 aliphatic rings. The molecule has 0 spiro atoms. The van der Waals surface area contributed by atoms with Crippen LogP contribution in [0.4, 0.5) is 0 Å². The average molecular weight is 625 g/mol. The van der Waals surface area contributed by atoms with E-state index in [1.165, 1.54) is 55.7 Å². The summed E-state index contributed by atoms with van der Waals surface area (Å²) in [5.74, 6) is -2.72. The second-order valence-electron chi connectivity index (χ2n) is 10.0. The van der Waals surface area contributed by atoms with Gasteiger partial charge in [0.2, 0.25) is 17.5 Å². The summed E-state index contributed by atoms with van der Waals surface area (Å²) in [6.45, 7) is -0.607. The van der Waals surface area contributed by atoms with Crippen LogP contribution in [0.25, 0.3) is 28.4 Å². The molecule has 0 aliphatic carbocycles. The topological polar surface area (TPSA) is 226 Å². The Balaban J connectivity index is 1.40. The lowest BCUT2D eigenvalue weighted by Gasteiger charge is -2.39. The minimum atomic E-state index is -1.91. The first-order valence-electron chi connectivity index (χ1n) is 13.4. The number of esters is 1. The van der Waals surface area contributed by atoms with E-state index in [0.29, 0.717) is 5.56 Å². The number of carbonyl (C=O) groups is 1. The van der Waals surface area contributed by atoms with Gasteiger partial charge in [0.25, 0.3) is 0 Å². The summed E-state index contributed by atoms with van der Waals surface area (Å²) in [7, 11) is 1.37. The Kier molecular flexibility index (Phi) is 8.83. The van der Waals surface area contributed by atoms with Gasteiger partial charge in [-0.3, -0.25) is 4.79 Å². The molecule has 2 unspecified atom stereocenters. The minimum absolute atomic E-state index is 0.0917. The van der Waals surface area contributed by atoms with Gasteiger partial charge in [0.05, 0.1) is 7.11 Å². The highest BCUT2D eigenvalue weighted by Crippen LogP contribution is 2.37. The molecule has 14 nitrogen and oxygen atoms in total. The van der Waals surface area contributed by atoms with Crippen molar-refractivity contribution in [3.63, 3.8) is 0 Å². The molecule has 14 heteroatoms. The van der Waals surface area contributed by atoms with Gasteiger partial charge in [0.15, 0.2) is 17.3 Å². The molecule has 4 aromatic rings. The Bertz CT molecular complexity index is 1800. The fraction of sp³-hybridized carbons (Fsp3) is 0.226. The number of rotatable bonds is 8. The van der Waals surface area contributed by atoms with E-state index in [1.807, 2.05) is 0 Å². The van der Waals surface area contributed by atoms with Crippen molar-refractivity contribution >= 4 is 23.0 Å². The standard InChI is InChI=1S/C31H28O14/c1-41-20-10-14(2-8-18(20)34)3-9-23(36)42-13-22-25(37)27(39)28(40)31(44-22)45-30-26(38)24-19(35)11-17(33)12-21(24)43-29(30)15-4-6-16(32)7-5-15/h2-12,22,25,27-28,31-35,37,39-40H,13H2,1H3/b9-3+/t22-,25-,27?,28?,31+/m1/s1. The van der Waals surface area contributed by atoms with E-state index in [0.717, 1.165) is 18.2 Å². The summed E-state index contributed by atoms with van der Waals surface area (Å²) in [5, 5.41) is 71.1. The normalized spacial score (nSPS) is 21.6. The van der Waals surface area contributed by atoms with Crippen molar-refractivity contribution in [3.8, 4) is 45.8 Å². The summed E-state index contributed by atoms with van der Waals surface area (Å²) < 4.78 is 27.3.